The van der Waals surface area contributed by atoms with Crippen LogP contribution in [0.4, 0.5) is 0 Å². The third-order valence-electron chi connectivity index (χ3n) is 4.73. The number of hydrogen-bond donors (Lipinski definition) is 0. The van der Waals surface area contributed by atoms with Crippen LogP contribution in [0.3, 0.4) is 0 Å². The topological polar surface area (TPSA) is 31.6 Å². The number of aromatic nitrogens is 1. The van der Waals surface area contributed by atoms with Crippen molar-refractivity contribution in [1.82, 2.24) is 0 Å². The van der Waals surface area contributed by atoms with Gasteiger partial charge in [-0.3, -0.25) is 0 Å². The molecule has 0 aliphatic rings. The summed E-state index contributed by atoms with van der Waals surface area (Å²) in [6.07, 6.45) is 2.14. The number of pyridine rings is 1. The Labute approximate surface area is 169 Å². The number of fused-ring (bicyclic) bond motifs is 5. The van der Waals surface area contributed by atoms with Gasteiger partial charge in [-0.05, 0) is 41.8 Å². The number of hydrogen-bond acceptors (Lipinski definition) is 3. The Kier molecular flexibility index (Phi) is 5.09. The Balaban J connectivity index is 0.00000196. The molecule has 4 nitrogen and oxygen atoms in total. The first-order valence-corrected chi connectivity index (χ1v) is 8.11. The predicted molar refractivity (Wildman–Crippen MR) is 115 cm³/mol. The molecule has 1 aromatic heterocycles. The Morgan fingerprint density at radius 1 is 0.692 bits per heavy atom. The second-order valence-corrected chi connectivity index (χ2v) is 6.08. The maximum absolute atomic E-state index is 5.50. The molecule has 0 bridgehead atoms. The van der Waals surface area contributed by atoms with Crippen molar-refractivity contribution in [3.05, 3.63) is 48.7 Å². The van der Waals surface area contributed by atoms with Crippen molar-refractivity contribution in [3.63, 3.8) is 0 Å². The van der Waals surface area contributed by atoms with Crippen molar-refractivity contribution in [2.45, 2.75) is 0 Å². The zero-order chi connectivity index (χ0) is 17.6. The van der Waals surface area contributed by atoms with Gasteiger partial charge in [-0.2, -0.15) is 4.57 Å². The molecule has 0 aliphatic heterocycles. The number of methoxy groups -OCH3 is 3. The minimum absolute atomic E-state index is 0. The van der Waals surface area contributed by atoms with E-state index >= 15 is 0 Å². The lowest BCUT2D eigenvalue weighted by molar-refractivity contribution is -0.642. The molecule has 0 amide bonds. The SMILES string of the molecule is COc1ccc2c(c1)c[n+](C)c1c3cc(OC)c(OC)cc3ccc21.I. The summed E-state index contributed by atoms with van der Waals surface area (Å²) in [5.74, 6) is 2.33. The Morgan fingerprint density at radius 2 is 1.38 bits per heavy atom. The average Bonchev–Trinajstić information content (AvgIpc) is 2.65. The second kappa shape index (κ2) is 7.15. The molecule has 0 saturated carbocycles. The maximum atomic E-state index is 5.50. The fourth-order valence-corrected chi connectivity index (χ4v) is 3.53. The van der Waals surface area contributed by atoms with Gasteiger partial charge in [0.1, 0.15) is 12.8 Å². The maximum Gasteiger partial charge on any atom is 0.220 e. The molecule has 0 fully saturated rings. The van der Waals surface area contributed by atoms with Gasteiger partial charge >= 0.3 is 0 Å². The number of benzene rings is 3. The molecule has 0 atom stereocenters. The Bertz CT molecular complexity index is 1120. The molecule has 4 rings (SSSR count). The van der Waals surface area contributed by atoms with Crippen molar-refractivity contribution in [1.29, 1.82) is 0 Å². The largest absolute Gasteiger partial charge is 0.497 e. The van der Waals surface area contributed by atoms with Gasteiger partial charge in [0.15, 0.2) is 17.7 Å². The van der Waals surface area contributed by atoms with Crippen LogP contribution in [-0.2, 0) is 7.05 Å². The fourth-order valence-electron chi connectivity index (χ4n) is 3.53. The van der Waals surface area contributed by atoms with Crippen LogP contribution in [0.25, 0.3) is 32.4 Å². The van der Waals surface area contributed by atoms with Gasteiger partial charge in [0, 0.05) is 5.39 Å². The molecule has 3 aromatic carbocycles. The molecule has 4 aromatic rings. The lowest BCUT2D eigenvalue weighted by atomic mass is 10.0. The van der Waals surface area contributed by atoms with Crippen LogP contribution in [0.2, 0.25) is 0 Å². The van der Waals surface area contributed by atoms with Gasteiger partial charge in [0.25, 0.3) is 0 Å². The minimum atomic E-state index is 0. The van der Waals surface area contributed by atoms with Gasteiger partial charge in [-0.1, -0.05) is 6.07 Å². The fraction of sp³-hybridized carbons (Fsp3) is 0.190. The lowest BCUT2D eigenvalue weighted by Crippen LogP contribution is -2.28. The molecule has 0 saturated heterocycles. The summed E-state index contributed by atoms with van der Waals surface area (Å²) >= 11 is 0. The van der Waals surface area contributed by atoms with Crippen LogP contribution in [0.5, 0.6) is 17.2 Å². The van der Waals surface area contributed by atoms with E-state index in [4.69, 9.17) is 14.2 Å². The van der Waals surface area contributed by atoms with E-state index in [1.54, 1.807) is 21.3 Å². The normalized spacial score (nSPS) is 10.8. The number of ether oxygens (including phenoxy) is 3. The van der Waals surface area contributed by atoms with Crippen LogP contribution in [0.15, 0.2) is 48.7 Å². The number of halogens is 1. The molecule has 0 spiro atoms. The zero-order valence-corrected chi connectivity index (χ0v) is 17.5. The molecule has 5 heteroatoms. The standard InChI is InChI=1S/C21H20NO3.HI/c1-22-12-14-9-15(23-2)6-8-16(14)17-7-5-13-10-19(24-3)20(25-4)11-18(13)21(17)22;/h5-12H,1-4H3;1H/q+1;. The molecule has 0 N–H and O–H groups in total. The number of aryl methyl sites for hydroxylation is 1. The predicted octanol–water partition coefficient (Wildman–Crippen LogP) is 4.61. The van der Waals surface area contributed by atoms with Gasteiger partial charge in [-0.25, -0.2) is 0 Å². The van der Waals surface area contributed by atoms with Crippen LogP contribution in [-0.4, -0.2) is 21.3 Å². The molecule has 0 unspecified atom stereocenters. The summed E-state index contributed by atoms with van der Waals surface area (Å²) in [4.78, 5) is 0. The summed E-state index contributed by atoms with van der Waals surface area (Å²) in [7, 11) is 7.08. The Hall–Kier alpha value is -2.28. The van der Waals surface area contributed by atoms with Crippen molar-refractivity contribution >= 4 is 56.4 Å². The van der Waals surface area contributed by atoms with Crippen LogP contribution in [0.1, 0.15) is 0 Å². The third-order valence-corrected chi connectivity index (χ3v) is 4.73. The molecule has 0 radical (unpaired) electrons. The van der Waals surface area contributed by atoms with Crippen LogP contribution < -0.4 is 18.8 Å². The van der Waals surface area contributed by atoms with Crippen molar-refractivity contribution in [2.24, 2.45) is 7.05 Å². The van der Waals surface area contributed by atoms with E-state index in [9.17, 15) is 0 Å². The molecular weight excluding hydrogens is 441 g/mol. The highest BCUT2D eigenvalue weighted by Crippen LogP contribution is 2.36. The van der Waals surface area contributed by atoms with E-state index in [1.165, 1.54) is 10.8 Å². The monoisotopic (exact) mass is 462 g/mol. The van der Waals surface area contributed by atoms with Crippen molar-refractivity contribution in [2.75, 3.05) is 21.3 Å². The summed E-state index contributed by atoms with van der Waals surface area (Å²) in [6.45, 7) is 0. The van der Waals surface area contributed by atoms with Gasteiger partial charge in [0.2, 0.25) is 5.52 Å². The Morgan fingerprint density at radius 3 is 2.08 bits per heavy atom. The van der Waals surface area contributed by atoms with Crippen molar-refractivity contribution in [3.8, 4) is 17.2 Å². The molecule has 26 heavy (non-hydrogen) atoms. The number of rotatable bonds is 3. The molecule has 1 heterocycles. The summed E-state index contributed by atoms with van der Waals surface area (Å²) in [5, 5.41) is 5.80. The van der Waals surface area contributed by atoms with E-state index in [0.29, 0.717) is 0 Å². The highest BCUT2D eigenvalue weighted by Gasteiger charge is 2.17. The minimum Gasteiger partial charge on any atom is -0.497 e. The molecule has 134 valence electrons. The summed E-state index contributed by atoms with van der Waals surface area (Å²) in [5.41, 5.74) is 1.16. The first kappa shape index (κ1) is 18.5. The van der Waals surface area contributed by atoms with E-state index in [0.717, 1.165) is 38.9 Å². The van der Waals surface area contributed by atoms with E-state index in [-0.39, 0.29) is 24.0 Å². The average molecular weight is 462 g/mol. The summed E-state index contributed by atoms with van der Waals surface area (Å²) < 4.78 is 18.5. The van der Waals surface area contributed by atoms with Crippen molar-refractivity contribution < 1.29 is 18.8 Å². The van der Waals surface area contributed by atoms with Crippen LogP contribution >= 0.6 is 24.0 Å². The summed E-state index contributed by atoms with van der Waals surface area (Å²) in [6, 6.07) is 14.5. The van der Waals surface area contributed by atoms with Gasteiger partial charge in [-0.15, -0.1) is 24.0 Å². The third kappa shape index (κ3) is 2.80. The van der Waals surface area contributed by atoms with Gasteiger partial charge in [0.05, 0.1) is 37.5 Å². The first-order chi connectivity index (χ1) is 12.2. The highest BCUT2D eigenvalue weighted by atomic mass is 127. The van der Waals surface area contributed by atoms with E-state index in [1.807, 2.05) is 18.2 Å². The smallest absolute Gasteiger partial charge is 0.220 e. The molecular formula is C21H21INO3+. The first-order valence-electron chi connectivity index (χ1n) is 8.11. The van der Waals surface area contributed by atoms with E-state index < -0.39 is 0 Å². The second-order valence-electron chi connectivity index (χ2n) is 6.08. The zero-order valence-electron chi connectivity index (χ0n) is 15.2. The van der Waals surface area contributed by atoms with E-state index in [2.05, 4.69) is 42.1 Å². The number of nitrogens with zero attached hydrogens (tertiary/aromatic N) is 1. The van der Waals surface area contributed by atoms with Gasteiger partial charge < -0.3 is 14.2 Å². The molecule has 0 aliphatic carbocycles. The van der Waals surface area contributed by atoms with Crippen LogP contribution in [0, 0.1) is 0 Å². The quantitative estimate of drug-likeness (QED) is 0.253. The highest BCUT2D eigenvalue weighted by molar-refractivity contribution is 14.0. The lowest BCUT2D eigenvalue weighted by Gasteiger charge is -2.11.